The molecule has 0 bridgehead atoms. The Morgan fingerprint density at radius 1 is 1.24 bits per heavy atom. The number of hydrogen-bond donors (Lipinski definition) is 1. The first-order chi connectivity index (χ1) is 8.25. The van der Waals surface area contributed by atoms with Gasteiger partial charge in [0.15, 0.2) is 0 Å². The van der Waals surface area contributed by atoms with Crippen LogP contribution < -0.4 is 5.32 Å². The van der Waals surface area contributed by atoms with Crippen LogP contribution in [0.15, 0.2) is 6.33 Å². The number of halogens is 1. The topological polar surface area (TPSA) is 37.8 Å². The Balaban J connectivity index is 2.16. The lowest BCUT2D eigenvalue weighted by molar-refractivity contribution is 0.688. The summed E-state index contributed by atoms with van der Waals surface area (Å²) in [6.07, 6.45) is 8.73. The minimum Gasteiger partial charge on any atom is -0.370 e. The van der Waals surface area contributed by atoms with Crippen LogP contribution in [0.3, 0.4) is 0 Å². The first kappa shape index (κ1) is 14.6. The smallest absolute Gasteiger partial charge is 0.137 e. The van der Waals surface area contributed by atoms with E-state index in [1.807, 2.05) is 18.7 Å². The van der Waals surface area contributed by atoms with E-state index in [0.29, 0.717) is 5.15 Å². The third kappa shape index (κ3) is 5.59. The quantitative estimate of drug-likeness (QED) is 0.578. The molecular formula is C12H20ClN3S. The molecule has 17 heavy (non-hydrogen) atoms. The van der Waals surface area contributed by atoms with E-state index in [1.165, 1.54) is 37.8 Å². The Morgan fingerprint density at radius 3 is 2.76 bits per heavy atom. The van der Waals surface area contributed by atoms with Gasteiger partial charge in [0.25, 0.3) is 0 Å². The van der Waals surface area contributed by atoms with Crippen molar-refractivity contribution in [3.8, 4) is 0 Å². The predicted octanol–water partition coefficient (Wildman–Crippen LogP) is 3.77. The molecule has 1 aromatic heterocycles. The molecule has 0 saturated heterocycles. The molecule has 0 aliphatic heterocycles. The molecule has 0 saturated carbocycles. The summed E-state index contributed by atoms with van der Waals surface area (Å²) in [5.41, 5.74) is 0.927. The van der Waals surface area contributed by atoms with Crippen molar-refractivity contribution in [2.45, 2.75) is 32.6 Å². The molecule has 1 N–H and O–H groups in total. The summed E-state index contributed by atoms with van der Waals surface area (Å²) in [5.74, 6) is 2.13. The second kappa shape index (κ2) is 8.59. The summed E-state index contributed by atoms with van der Waals surface area (Å²) >= 11 is 7.84. The largest absolute Gasteiger partial charge is 0.370 e. The van der Waals surface area contributed by atoms with E-state index in [-0.39, 0.29) is 0 Å². The van der Waals surface area contributed by atoms with Crippen molar-refractivity contribution in [3.05, 3.63) is 17.0 Å². The summed E-state index contributed by atoms with van der Waals surface area (Å²) in [6.45, 7) is 2.89. The SMILES string of the molecule is CSCCCCCCNc1ncnc(Cl)c1C. The van der Waals surface area contributed by atoms with Gasteiger partial charge >= 0.3 is 0 Å². The van der Waals surface area contributed by atoms with Gasteiger partial charge in [-0.15, -0.1) is 0 Å². The zero-order valence-electron chi connectivity index (χ0n) is 10.5. The Hall–Kier alpha value is -0.480. The maximum atomic E-state index is 5.92. The van der Waals surface area contributed by atoms with E-state index in [9.17, 15) is 0 Å². The normalized spacial score (nSPS) is 10.5. The fourth-order valence-electron chi connectivity index (χ4n) is 1.54. The van der Waals surface area contributed by atoms with Gasteiger partial charge in [-0.25, -0.2) is 9.97 Å². The molecule has 0 fully saturated rings. The molecule has 0 unspecified atom stereocenters. The molecule has 0 spiro atoms. The van der Waals surface area contributed by atoms with E-state index >= 15 is 0 Å². The molecule has 1 aromatic rings. The lowest BCUT2D eigenvalue weighted by Gasteiger charge is -2.08. The van der Waals surface area contributed by atoms with E-state index in [2.05, 4.69) is 21.5 Å². The van der Waals surface area contributed by atoms with Gasteiger partial charge in [0.1, 0.15) is 17.3 Å². The average Bonchev–Trinajstić information content (AvgIpc) is 2.33. The van der Waals surface area contributed by atoms with E-state index in [4.69, 9.17) is 11.6 Å². The van der Waals surface area contributed by atoms with Crippen molar-refractivity contribution in [1.29, 1.82) is 0 Å². The Kier molecular flexibility index (Phi) is 7.37. The van der Waals surface area contributed by atoms with Crippen LogP contribution in [0, 0.1) is 6.92 Å². The number of nitrogens with zero attached hydrogens (tertiary/aromatic N) is 2. The highest BCUT2D eigenvalue weighted by atomic mass is 35.5. The molecule has 0 radical (unpaired) electrons. The van der Waals surface area contributed by atoms with Gasteiger partial charge in [0, 0.05) is 12.1 Å². The highest BCUT2D eigenvalue weighted by Crippen LogP contribution is 2.17. The van der Waals surface area contributed by atoms with Crippen LogP contribution in [0.4, 0.5) is 5.82 Å². The van der Waals surface area contributed by atoms with Crippen LogP contribution in [-0.2, 0) is 0 Å². The first-order valence-electron chi connectivity index (χ1n) is 5.95. The van der Waals surface area contributed by atoms with Crippen molar-refractivity contribution < 1.29 is 0 Å². The fraction of sp³-hybridized carbons (Fsp3) is 0.667. The van der Waals surface area contributed by atoms with Gasteiger partial charge in [-0.05, 0) is 31.8 Å². The number of hydrogen-bond acceptors (Lipinski definition) is 4. The maximum absolute atomic E-state index is 5.92. The predicted molar refractivity (Wildman–Crippen MR) is 77.1 cm³/mol. The number of rotatable bonds is 8. The summed E-state index contributed by atoms with van der Waals surface area (Å²) in [6, 6.07) is 0. The highest BCUT2D eigenvalue weighted by molar-refractivity contribution is 7.98. The molecule has 96 valence electrons. The monoisotopic (exact) mass is 273 g/mol. The van der Waals surface area contributed by atoms with Gasteiger partial charge in [-0.2, -0.15) is 11.8 Å². The Bertz CT molecular complexity index is 334. The maximum Gasteiger partial charge on any atom is 0.137 e. The second-order valence-corrected chi connectivity index (χ2v) is 5.32. The van der Waals surface area contributed by atoms with E-state index in [0.717, 1.165) is 17.9 Å². The van der Waals surface area contributed by atoms with Crippen LogP contribution in [0.25, 0.3) is 0 Å². The summed E-state index contributed by atoms with van der Waals surface area (Å²) in [4.78, 5) is 8.11. The molecule has 1 heterocycles. The minimum atomic E-state index is 0.530. The number of nitrogens with one attached hydrogen (secondary N) is 1. The first-order valence-corrected chi connectivity index (χ1v) is 7.72. The van der Waals surface area contributed by atoms with Gasteiger partial charge in [0.05, 0.1) is 0 Å². The number of thioether (sulfide) groups is 1. The standard InChI is InChI=1S/C12H20ClN3S/c1-10-11(13)15-9-16-12(10)14-7-5-3-4-6-8-17-2/h9H,3-8H2,1-2H3,(H,14,15,16). The Morgan fingerprint density at radius 2 is 2.00 bits per heavy atom. The second-order valence-electron chi connectivity index (χ2n) is 3.97. The molecule has 3 nitrogen and oxygen atoms in total. The molecule has 5 heteroatoms. The van der Waals surface area contributed by atoms with Crippen LogP contribution >= 0.6 is 23.4 Å². The van der Waals surface area contributed by atoms with Gasteiger partial charge in [0.2, 0.25) is 0 Å². The van der Waals surface area contributed by atoms with Crippen molar-refractivity contribution in [2.75, 3.05) is 23.9 Å². The van der Waals surface area contributed by atoms with Crippen LogP contribution in [-0.4, -0.2) is 28.5 Å². The number of anilines is 1. The zero-order valence-corrected chi connectivity index (χ0v) is 12.1. The summed E-state index contributed by atoms with van der Waals surface area (Å²) in [7, 11) is 0. The van der Waals surface area contributed by atoms with Gasteiger partial charge in [-0.3, -0.25) is 0 Å². The van der Waals surface area contributed by atoms with Crippen LogP contribution in [0.5, 0.6) is 0 Å². The average molecular weight is 274 g/mol. The van der Waals surface area contributed by atoms with Crippen LogP contribution in [0.1, 0.15) is 31.2 Å². The number of unbranched alkanes of at least 4 members (excludes halogenated alkanes) is 3. The third-order valence-corrected chi connectivity index (χ3v) is 3.67. The number of aromatic nitrogens is 2. The lowest BCUT2D eigenvalue weighted by atomic mass is 10.2. The van der Waals surface area contributed by atoms with Crippen molar-refractivity contribution in [3.63, 3.8) is 0 Å². The van der Waals surface area contributed by atoms with E-state index < -0.39 is 0 Å². The molecule has 0 aliphatic rings. The van der Waals surface area contributed by atoms with Crippen molar-refractivity contribution in [1.82, 2.24) is 9.97 Å². The van der Waals surface area contributed by atoms with Gasteiger partial charge in [-0.1, -0.05) is 24.4 Å². The molecule has 0 aliphatic carbocycles. The van der Waals surface area contributed by atoms with E-state index in [1.54, 1.807) is 0 Å². The molecule has 0 aromatic carbocycles. The molecular weight excluding hydrogens is 254 g/mol. The fourth-order valence-corrected chi connectivity index (χ4v) is 2.16. The van der Waals surface area contributed by atoms with Crippen molar-refractivity contribution in [2.24, 2.45) is 0 Å². The minimum absolute atomic E-state index is 0.530. The Labute approximate surface area is 113 Å². The lowest BCUT2D eigenvalue weighted by Crippen LogP contribution is -2.05. The van der Waals surface area contributed by atoms with Crippen LogP contribution in [0.2, 0.25) is 5.15 Å². The molecule has 1 rings (SSSR count). The van der Waals surface area contributed by atoms with Gasteiger partial charge < -0.3 is 5.32 Å². The summed E-state index contributed by atoms with van der Waals surface area (Å²) in [5, 5.41) is 3.83. The van der Waals surface area contributed by atoms with Crippen molar-refractivity contribution >= 4 is 29.2 Å². The molecule has 0 amide bonds. The zero-order chi connectivity index (χ0) is 12.5. The summed E-state index contributed by atoms with van der Waals surface area (Å²) < 4.78 is 0. The molecule has 0 atom stereocenters. The highest BCUT2D eigenvalue weighted by Gasteiger charge is 2.03. The third-order valence-electron chi connectivity index (χ3n) is 2.59.